The van der Waals surface area contributed by atoms with Crippen molar-refractivity contribution < 1.29 is 0 Å². The molecule has 3 rings (SSSR count). The maximum absolute atomic E-state index is 2.29. The molecule has 0 bridgehead atoms. The second-order valence-electron chi connectivity index (χ2n) is 6.34. The molecule has 0 aliphatic rings. The first kappa shape index (κ1) is 15.6. The first-order valence-electron chi connectivity index (χ1n) is 8.44. The van der Waals surface area contributed by atoms with Crippen molar-refractivity contribution >= 4 is 0 Å². The van der Waals surface area contributed by atoms with Gasteiger partial charge in [-0.25, -0.2) is 0 Å². The van der Waals surface area contributed by atoms with Gasteiger partial charge in [0.2, 0.25) is 0 Å². The first-order chi connectivity index (χ1) is 11.2. The molecular weight excluding hydrogens is 276 g/mol. The molecule has 0 fully saturated rings. The van der Waals surface area contributed by atoms with Gasteiger partial charge in [-0.3, -0.25) is 0 Å². The van der Waals surface area contributed by atoms with Crippen LogP contribution in [0.15, 0.2) is 66.7 Å². The molecule has 0 aliphatic carbocycles. The van der Waals surface area contributed by atoms with Crippen LogP contribution in [0.25, 0.3) is 22.3 Å². The van der Waals surface area contributed by atoms with Crippen molar-refractivity contribution in [2.45, 2.75) is 33.6 Å². The summed E-state index contributed by atoms with van der Waals surface area (Å²) in [7, 11) is 0. The number of aryl methyl sites for hydroxylation is 3. The lowest BCUT2D eigenvalue weighted by atomic mass is 9.94. The Hall–Kier alpha value is -2.34. The summed E-state index contributed by atoms with van der Waals surface area (Å²) in [5.41, 5.74) is 9.24. The fourth-order valence-corrected chi connectivity index (χ4v) is 3.05. The molecule has 0 aliphatic heterocycles. The van der Waals surface area contributed by atoms with Crippen molar-refractivity contribution in [2.24, 2.45) is 0 Å². The standard InChI is InChI=1S/C23H24/c1-4-5-19-8-12-21(13-9-19)23-15-14-22(16-18(23)3)20-10-6-17(2)7-11-20/h6-16H,4-5H2,1-3H3. The zero-order valence-electron chi connectivity index (χ0n) is 14.3. The zero-order chi connectivity index (χ0) is 16.2. The highest BCUT2D eigenvalue weighted by molar-refractivity contribution is 5.73. The van der Waals surface area contributed by atoms with Crippen molar-refractivity contribution in [1.29, 1.82) is 0 Å². The third kappa shape index (κ3) is 3.53. The number of hydrogen-bond donors (Lipinski definition) is 0. The maximum Gasteiger partial charge on any atom is -0.0154 e. The van der Waals surface area contributed by atoms with Crippen LogP contribution in [0.3, 0.4) is 0 Å². The van der Waals surface area contributed by atoms with Gasteiger partial charge in [-0.05, 0) is 53.6 Å². The second kappa shape index (κ2) is 6.83. The van der Waals surface area contributed by atoms with Gasteiger partial charge in [0.15, 0.2) is 0 Å². The molecule has 0 heteroatoms. The van der Waals surface area contributed by atoms with E-state index in [1.54, 1.807) is 0 Å². The van der Waals surface area contributed by atoms with Crippen LogP contribution in [0.4, 0.5) is 0 Å². The van der Waals surface area contributed by atoms with Crippen LogP contribution in [0.2, 0.25) is 0 Å². The van der Waals surface area contributed by atoms with E-state index in [0.717, 1.165) is 6.42 Å². The van der Waals surface area contributed by atoms with E-state index in [1.807, 2.05) is 0 Å². The normalized spacial score (nSPS) is 10.7. The van der Waals surface area contributed by atoms with E-state index in [2.05, 4.69) is 87.5 Å². The molecule has 0 atom stereocenters. The van der Waals surface area contributed by atoms with E-state index in [4.69, 9.17) is 0 Å². The molecule has 23 heavy (non-hydrogen) atoms. The Balaban J connectivity index is 1.91. The summed E-state index contributed by atoms with van der Waals surface area (Å²) in [6.45, 7) is 6.55. The minimum absolute atomic E-state index is 1.16. The lowest BCUT2D eigenvalue weighted by Gasteiger charge is -2.10. The number of benzene rings is 3. The van der Waals surface area contributed by atoms with Crippen molar-refractivity contribution in [3.63, 3.8) is 0 Å². The van der Waals surface area contributed by atoms with Gasteiger partial charge >= 0.3 is 0 Å². The third-order valence-corrected chi connectivity index (χ3v) is 4.41. The predicted molar refractivity (Wildman–Crippen MR) is 101 cm³/mol. The highest BCUT2D eigenvalue weighted by atomic mass is 14.1. The van der Waals surface area contributed by atoms with Gasteiger partial charge in [-0.2, -0.15) is 0 Å². The van der Waals surface area contributed by atoms with Crippen molar-refractivity contribution in [1.82, 2.24) is 0 Å². The Morgan fingerprint density at radius 2 is 1.26 bits per heavy atom. The Morgan fingerprint density at radius 3 is 1.87 bits per heavy atom. The van der Waals surface area contributed by atoms with E-state index in [0.29, 0.717) is 0 Å². The van der Waals surface area contributed by atoms with E-state index in [9.17, 15) is 0 Å². The Labute approximate surface area is 139 Å². The molecule has 0 heterocycles. The van der Waals surface area contributed by atoms with Crippen LogP contribution in [-0.2, 0) is 6.42 Å². The van der Waals surface area contributed by atoms with Gasteiger partial charge in [0.05, 0.1) is 0 Å². The first-order valence-corrected chi connectivity index (χ1v) is 8.44. The SMILES string of the molecule is CCCc1ccc(-c2ccc(-c3ccc(C)cc3)cc2C)cc1. The molecule has 0 spiro atoms. The number of hydrogen-bond acceptors (Lipinski definition) is 0. The minimum atomic E-state index is 1.16. The summed E-state index contributed by atoms with van der Waals surface area (Å²) in [5, 5.41) is 0. The van der Waals surface area contributed by atoms with E-state index >= 15 is 0 Å². The quantitative estimate of drug-likeness (QED) is 0.510. The van der Waals surface area contributed by atoms with Gasteiger partial charge < -0.3 is 0 Å². The third-order valence-electron chi connectivity index (χ3n) is 4.41. The van der Waals surface area contributed by atoms with E-state index < -0.39 is 0 Å². The van der Waals surface area contributed by atoms with Gasteiger partial charge in [0.1, 0.15) is 0 Å². The molecule has 0 nitrogen and oxygen atoms in total. The Kier molecular flexibility index (Phi) is 4.62. The predicted octanol–water partition coefficient (Wildman–Crippen LogP) is 6.59. The molecule has 0 saturated heterocycles. The highest BCUT2D eigenvalue weighted by Crippen LogP contribution is 2.29. The van der Waals surface area contributed by atoms with Crippen LogP contribution >= 0.6 is 0 Å². The highest BCUT2D eigenvalue weighted by Gasteiger charge is 2.05. The van der Waals surface area contributed by atoms with Crippen LogP contribution < -0.4 is 0 Å². The smallest absolute Gasteiger partial charge is 0.0154 e. The fraction of sp³-hybridized carbons (Fsp3) is 0.217. The lowest BCUT2D eigenvalue weighted by molar-refractivity contribution is 0.922. The van der Waals surface area contributed by atoms with Crippen LogP contribution in [0, 0.1) is 13.8 Å². The Bertz CT molecular complexity index is 777. The topological polar surface area (TPSA) is 0 Å². The molecular formula is C23H24. The molecule has 116 valence electrons. The molecule has 3 aromatic carbocycles. The monoisotopic (exact) mass is 300 g/mol. The van der Waals surface area contributed by atoms with Gasteiger partial charge in [-0.15, -0.1) is 0 Å². The summed E-state index contributed by atoms with van der Waals surface area (Å²) in [4.78, 5) is 0. The summed E-state index contributed by atoms with van der Waals surface area (Å²) in [5.74, 6) is 0. The zero-order valence-corrected chi connectivity index (χ0v) is 14.3. The summed E-state index contributed by atoms with van der Waals surface area (Å²) in [6.07, 6.45) is 2.36. The molecule has 3 aromatic rings. The van der Waals surface area contributed by atoms with Gasteiger partial charge in [0, 0.05) is 0 Å². The van der Waals surface area contributed by atoms with E-state index in [-0.39, 0.29) is 0 Å². The van der Waals surface area contributed by atoms with Crippen LogP contribution in [0.5, 0.6) is 0 Å². The molecule has 0 saturated carbocycles. The van der Waals surface area contributed by atoms with Crippen LogP contribution in [-0.4, -0.2) is 0 Å². The number of rotatable bonds is 4. The summed E-state index contributed by atoms with van der Waals surface area (Å²) in [6, 6.07) is 24.5. The molecule has 0 N–H and O–H groups in total. The average molecular weight is 300 g/mol. The Morgan fingerprint density at radius 1 is 0.652 bits per heavy atom. The largest absolute Gasteiger partial charge is 0.0651 e. The van der Waals surface area contributed by atoms with Gasteiger partial charge in [0.25, 0.3) is 0 Å². The average Bonchev–Trinajstić information content (AvgIpc) is 2.57. The molecule has 0 aromatic heterocycles. The molecule has 0 radical (unpaired) electrons. The van der Waals surface area contributed by atoms with Crippen molar-refractivity contribution in [2.75, 3.05) is 0 Å². The summed E-state index contributed by atoms with van der Waals surface area (Å²) < 4.78 is 0. The minimum Gasteiger partial charge on any atom is -0.0651 e. The maximum atomic E-state index is 2.29. The second-order valence-corrected chi connectivity index (χ2v) is 6.34. The van der Waals surface area contributed by atoms with Crippen LogP contribution in [0.1, 0.15) is 30.0 Å². The molecule has 0 amide bonds. The van der Waals surface area contributed by atoms with Crippen molar-refractivity contribution in [3.05, 3.63) is 83.4 Å². The lowest BCUT2D eigenvalue weighted by Crippen LogP contribution is -1.87. The van der Waals surface area contributed by atoms with E-state index in [1.165, 1.54) is 45.4 Å². The van der Waals surface area contributed by atoms with Gasteiger partial charge in [-0.1, -0.05) is 85.6 Å². The summed E-state index contributed by atoms with van der Waals surface area (Å²) >= 11 is 0. The molecule has 0 unspecified atom stereocenters. The fourth-order valence-electron chi connectivity index (χ4n) is 3.05. The van der Waals surface area contributed by atoms with Crippen molar-refractivity contribution in [3.8, 4) is 22.3 Å².